The van der Waals surface area contributed by atoms with Crippen molar-refractivity contribution >= 4 is 5.97 Å². The van der Waals surface area contributed by atoms with E-state index < -0.39 is 47.7 Å². The van der Waals surface area contributed by atoms with Crippen molar-refractivity contribution in [3.63, 3.8) is 0 Å². The highest BCUT2D eigenvalue weighted by atomic mass is 19.4. The van der Waals surface area contributed by atoms with E-state index in [4.69, 9.17) is 10.2 Å². The van der Waals surface area contributed by atoms with E-state index in [9.17, 15) is 31.1 Å². The first kappa shape index (κ1) is 15.9. The summed E-state index contributed by atoms with van der Waals surface area (Å²) in [5.74, 6) is -4.86. The fourth-order valence-corrected chi connectivity index (χ4v) is 1.33. The smallest absolute Gasteiger partial charge is 0.506 e. The van der Waals surface area contributed by atoms with Crippen LogP contribution in [0.2, 0.25) is 0 Å². The lowest BCUT2D eigenvalue weighted by Gasteiger charge is -2.17. The highest BCUT2D eigenvalue weighted by molar-refractivity contribution is 5.72. The molecule has 0 radical (unpaired) electrons. The molecule has 0 saturated carbocycles. The Morgan fingerprint density at radius 1 is 1.25 bits per heavy atom. The summed E-state index contributed by atoms with van der Waals surface area (Å²) in [6, 6.07) is 0. The molecule has 2 N–H and O–H groups in total. The number of pyridine rings is 1. The zero-order valence-corrected chi connectivity index (χ0v) is 9.21. The molecule has 0 unspecified atom stereocenters. The maximum Gasteiger partial charge on any atom is 0.574 e. The second-order valence-electron chi connectivity index (χ2n) is 3.42. The van der Waals surface area contributed by atoms with Gasteiger partial charge < -0.3 is 14.9 Å². The van der Waals surface area contributed by atoms with Gasteiger partial charge >= 0.3 is 18.5 Å². The lowest BCUT2D eigenvalue weighted by Crippen LogP contribution is -2.22. The molecule has 0 fully saturated rings. The van der Waals surface area contributed by atoms with Gasteiger partial charge in [0.15, 0.2) is 0 Å². The molecule has 5 nitrogen and oxygen atoms in total. The first-order valence-electron chi connectivity index (χ1n) is 4.67. The number of halogens is 6. The van der Waals surface area contributed by atoms with E-state index in [0.717, 1.165) is 0 Å². The van der Waals surface area contributed by atoms with Crippen molar-refractivity contribution in [1.82, 2.24) is 4.98 Å². The number of alkyl halides is 6. The number of rotatable bonds is 3. The molecule has 1 aromatic rings. The molecular formula is C9H5F6NO4. The van der Waals surface area contributed by atoms with Crippen molar-refractivity contribution in [2.24, 2.45) is 0 Å². The number of nitrogens with zero attached hydrogens (tertiary/aromatic N) is 1. The summed E-state index contributed by atoms with van der Waals surface area (Å²) in [5, 5.41) is 17.6. The lowest BCUT2D eigenvalue weighted by atomic mass is 10.1. The van der Waals surface area contributed by atoms with Crippen molar-refractivity contribution in [1.29, 1.82) is 0 Å². The van der Waals surface area contributed by atoms with E-state index >= 15 is 0 Å². The fraction of sp³-hybridized carbons (Fsp3) is 0.333. The molecule has 11 heteroatoms. The first-order valence-corrected chi connectivity index (χ1v) is 4.67. The molecule has 1 rings (SSSR count). The Labute approximate surface area is 106 Å². The van der Waals surface area contributed by atoms with Gasteiger partial charge in [0.1, 0.15) is 11.3 Å². The Hall–Kier alpha value is -2.20. The SMILES string of the molecule is O=C(O)Cc1c(O)cnc(OC(F)(F)F)c1C(F)(F)F. The van der Waals surface area contributed by atoms with Gasteiger partial charge in [0, 0.05) is 5.56 Å². The van der Waals surface area contributed by atoms with E-state index in [1.54, 1.807) is 0 Å². The molecule has 0 aromatic carbocycles. The minimum atomic E-state index is -5.45. The number of hydrogen-bond acceptors (Lipinski definition) is 4. The number of aliphatic carboxylic acids is 1. The molecule has 1 aromatic heterocycles. The van der Waals surface area contributed by atoms with Crippen molar-refractivity contribution in [2.45, 2.75) is 19.0 Å². The predicted octanol–water partition coefficient (Wildman–Crippen LogP) is 2.33. The minimum Gasteiger partial charge on any atom is -0.506 e. The van der Waals surface area contributed by atoms with E-state index in [1.165, 1.54) is 0 Å². The second-order valence-corrected chi connectivity index (χ2v) is 3.42. The van der Waals surface area contributed by atoms with Gasteiger partial charge in [-0.2, -0.15) is 13.2 Å². The van der Waals surface area contributed by atoms with Gasteiger partial charge in [-0.05, 0) is 0 Å². The predicted molar refractivity (Wildman–Crippen MR) is 48.9 cm³/mol. The van der Waals surface area contributed by atoms with Gasteiger partial charge in [0.05, 0.1) is 12.6 Å². The van der Waals surface area contributed by atoms with Gasteiger partial charge in [-0.1, -0.05) is 0 Å². The molecule has 112 valence electrons. The molecular weight excluding hydrogens is 300 g/mol. The summed E-state index contributed by atoms with van der Waals surface area (Å²) in [5.41, 5.74) is -3.35. The largest absolute Gasteiger partial charge is 0.574 e. The molecule has 0 aliphatic heterocycles. The summed E-state index contributed by atoms with van der Waals surface area (Å²) in [6.07, 6.45) is -12.0. The van der Waals surface area contributed by atoms with Crippen LogP contribution in [0.5, 0.6) is 11.6 Å². The molecule has 0 spiro atoms. The molecule has 0 saturated heterocycles. The highest BCUT2D eigenvalue weighted by Gasteiger charge is 2.43. The number of ether oxygens (including phenoxy) is 1. The van der Waals surface area contributed by atoms with Crippen molar-refractivity contribution in [3.05, 3.63) is 17.3 Å². The standard InChI is InChI=1S/C9H5F6NO4/c10-8(11,12)6-3(1-5(18)19)4(17)2-16-7(6)20-9(13,14)15/h2,17H,1H2,(H,18,19). The topological polar surface area (TPSA) is 79.7 Å². The third-order valence-corrected chi connectivity index (χ3v) is 1.95. The van der Waals surface area contributed by atoms with Crippen LogP contribution in [0.1, 0.15) is 11.1 Å². The zero-order chi connectivity index (χ0) is 15.7. The summed E-state index contributed by atoms with van der Waals surface area (Å²) in [7, 11) is 0. The molecule has 0 amide bonds. The van der Waals surface area contributed by atoms with Crippen LogP contribution in [0.4, 0.5) is 26.3 Å². The van der Waals surface area contributed by atoms with E-state index in [0.29, 0.717) is 0 Å². The number of aromatic nitrogens is 1. The second kappa shape index (κ2) is 5.06. The van der Waals surface area contributed by atoms with E-state index in [2.05, 4.69) is 9.72 Å². The fourth-order valence-electron chi connectivity index (χ4n) is 1.33. The zero-order valence-electron chi connectivity index (χ0n) is 9.21. The number of carbonyl (C=O) groups is 1. The van der Waals surface area contributed by atoms with Gasteiger partial charge in [-0.15, -0.1) is 13.2 Å². The number of aromatic hydroxyl groups is 1. The molecule has 1 heterocycles. The average molecular weight is 305 g/mol. The van der Waals surface area contributed by atoms with Gasteiger partial charge in [-0.25, -0.2) is 4.98 Å². The number of carboxylic acid groups (broad SMARTS) is 1. The third-order valence-electron chi connectivity index (χ3n) is 1.95. The Morgan fingerprint density at radius 2 is 1.80 bits per heavy atom. The highest BCUT2D eigenvalue weighted by Crippen LogP contribution is 2.42. The summed E-state index contributed by atoms with van der Waals surface area (Å²) in [4.78, 5) is 13.1. The maximum atomic E-state index is 12.7. The summed E-state index contributed by atoms with van der Waals surface area (Å²) < 4.78 is 77.3. The van der Waals surface area contributed by atoms with Crippen LogP contribution in [0, 0.1) is 0 Å². The molecule has 0 aliphatic rings. The van der Waals surface area contributed by atoms with Crippen molar-refractivity contribution < 1.29 is 46.1 Å². The molecule has 0 atom stereocenters. The van der Waals surface area contributed by atoms with Gasteiger partial charge in [0.2, 0.25) is 5.88 Å². The Kier molecular flexibility index (Phi) is 4.01. The average Bonchev–Trinajstić information content (AvgIpc) is 2.18. The van der Waals surface area contributed by atoms with Crippen LogP contribution in [0.15, 0.2) is 6.20 Å². The van der Waals surface area contributed by atoms with Crippen LogP contribution in [-0.2, 0) is 17.4 Å². The quantitative estimate of drug-likeness (QED) is 0.838. The van der Waals surface area contributed by atoms with E-state index in [1.807, 2.05) is 0 Å². The van der Waals surface area contributed by atoms with Gasteiger partial charge in [-0.3, -0.25) is 4.79 Å². The van der Waals surface area contributed by atoms with Crippen LogP contribution in [0.3, 0.4) is 0 Å². The monoisotopic (exact) mass is 305 g/mol. The third kappa shape index (κ3) is 3.90. The Balaban J connectivity index is 3.49. The van der Waals surface area contributed by atoms with Crippen molar-refractivity contribution in [3.8, 4) is 11.6 Å². The van der Waals surface area contributed by atoms with Crippen LogP contribution in [-0.4, -0.2) is 27.5 Å². The molecule has 20 heavy (non-hydrogen) atoms. The van der Waals surface area contributed by atoms with E-state index in [-0.39, 0.29) is 6.20 Å². The molecule has 0 bridgehead atoms. The Bertz CT molecular complexity index is 524. The lowest BCUT2D eigenvalue weighted by molar-refractivity contribution is -0.278. The van der Waals surface area contributed by atoms with Crippen LogP contribution >= 0.6 is 0 Å². The number of hydrogen-bond donors (Lipinski definition) is 2. The van der Waals surface area contributed by atoms with Crippen LogP contribution in [0.25, 0.3) is 0 Å². The van der Waals surface area contributed by atoms with Gasteiger partial charge in [0.25, 0.3) is 0 Å². The normalized spacial score (nSPS) is 12.3. The van der Waals surface area contributed by atoms with Crippen molar-refractivity contribution in [2.75, 3.05) is 0 Å². The first-order chi connectivity index (χ1) is 8.92. The number of carboxylic acids is 1. The maximum absolute atomic E-state index is 12.7. The summed E-state index contributed by atoms with van der Waals surface area (Å²) >= 11 is 0. The minimum absolute atomic E-state index is 0.245. The summed E-state index contributed by atoms with van der Waals surface area (Å²) in [6.45, 7) is 0. The van der Waals surface area contributed by atoms with Crippen LogP contribution < -0.4 is 4.74 Å². The Morgan fingerprint density at radius 3 is 2.20 bits per heavy atom. The molecule has 0 aliphatic carbocycles.